The van der Waals surface area contributed by atoms with Crippen LogP contribution in [0.15, 0.2) is 30.3 Å². The highest BCUT2D eigenvalue weighted by molar-refractivity contribution is 6.73. The van der Waals surface area contributed by atoms with Crippen LogP contribution in [0.4, 0.5) is 12.9 Å². The molecule has 0 aliphatic heterocycles. The molecule has 0 atom stereocenters. The van der Waals surface area contributed by atoms with Gasteiger partial charge in [0.2, 0.25) is 0 Å². The Morgan fingerprint density at radius 3 is 1.63 bits per heavy atom. The molecule has 0 fully saturated rings. The van der Waals surface area contributed by atoms with Crippen molar-refractivity contribution < 1.29 is 27.2 Å². The van der Waals surface area contributed by atoms with Crippen molar-refractivity contribution in [2.45, 2.75) is 0 Å². The van der Waals surface area contributed by atoms with Crippen LogP contribution >= 0.6 is 0 Å². The van der Waals surface area contributed by atoms with E-state index in [1.807, 2.05) is 0 Å². The second-order valence-electron chi connectivity index (χ2n) is 3.58. The Kier molecular flexibility index (Phi) is 10.2. The Morgan fingerprint density at radius 1 is 0.842 bits per heavy atom. The lowest BCUT2D eigenvalue weighted by atomic mass is 9.80. The van der Waals surface area contributed by atoms with Crippen LogP contribution in [-0.4, -0.2) is 47.6 Å². The maximum absolute atomic E-state index is 11.9. The van der Waals surface area contributed by atoms with Crippen LogP contribution in [0.3, 0.4) is 0 Å². The molecule has 1 rings (SSSR count). The van der Waals surface area contributed by atoms with Crippen LogP contribution in [-0.2, 0) is 14.2 Å². The van der Waals surface area contributed by atoms with E-state index in [0.29, 0.717) is 26.4 Å². The van der Waals surface area contributed by atoms with Crippen LogP contribution in [0.5, 0.6) is 0 Å². The summed E-state index contributed by atoms with van der Waals surface area (Å²) in [7, 11) is 3.30. The summed E-state index contributed by atoms with van der Waals surface area (Å²) >= 11 is 0. The summed E-state index contributed by atoms with van der Waals surface area (Å²) in [5, 5.41) is 0. The van der Waals surface area contributed by atoms with Gasteiger partial charge in [0.05, 0.1) is 26.4 Å². The van der Waals surface area contributed by atoms with Crippen molar-refractivity contribution in [3.05, 3.63) is 30.3 Å². The third kappa shape index (κ3) is 10.6. The number of hydrogen-bond donors (Lipinski definition) is 0. The van der Waals surface area contributed by atoms with E-state index in [1.165, 1.54) is 12.1 Å². The molecule has 0 aliphatic carbocycles. The molecule has 19 heavy (non-hydrogen) atoms. The zero-order chi connectivity index (χ0) is 14.6. The predicted molar refractivity (Wildman–Crippen MR) is 69.7 cm³/mol. The lowest BCUT2D eigenvalue weighted by Gasteiger charge is -2.13. The minimum absolute atomic E-state index is 0.539. The predicted octanol–water partition coefficient (Wildman–Crippen LogP) is 2.04. The van der Waals surface area contributed by atoms with Crippen molar-refractivity contribution >= 4 is 12.4 Å². The highest BCUT2D eigenvalue weighted by Gasteiger charge is 2.24. The molecule has 0 radical (unpaired) electrons. The average Bonchev–Trinajstić information content (AvgIpc) is 2.40. The highest BCUT2D eigenvalue weighted by atomic mass is 19.4. The molecule has 7 heteroatoms. The van der Waals surface area contributed by atoms with E-state index in [0.717, 1.165) is 12.1 Å². The third-order valence-electron chi connectivity index (χ3n) is 2.04. The largest absolute Gasteiger partial charge is 0.509 e. The van der Waals surface area contributed by atoms with E-state index in [1.54, 1.807) is 20.3 Å². The molecule has 0 saturated heterocycles. The maximum Gasteiger partial charge on any atom is 0.509 e. The Morgan fingerprint density at radius 2 is 1.32 bits per heavy atom. The first-order valence-corrected chi connectivity index (χ1v) is 5.83. The number of benzene rings is 1. The molecule has 1 aromatic carbocycles. The highest BCUT2D eigenvalue weighted by Crippen LogP contribution is 2.07. The van der Waals surface area contributed by atoms with Crippen molar-refractivity contribution in [1.29, 1.82) is 0 Å². The van der Waals surface area contributed by atoms with Gasteiger partial charge in [0.1, 0.15) is 0 Å². The standard InChI is InChI=1S/C6H5BF3.C6H14O3/c8-7(9,10)6-4-2-1-3-5-6;1-7-3-5-9-6-4-8-2/h1-5H;3-6H2,1-2H3/q-1;. The Bertz CT molecular complexity index is 301. The molecule has 0 saturated carbocycles. The van der Waals surface area contributed by atoms with E-state index in [2.05, 4.69) is 0 Å². The summed E-state index contributed by atoms with van der Waals surface area (Å²) in [4.78, 5) is 0. The molecular weight excluding hydrogens is 260 g/mol. The zero-order valence-corrected chi connectivity index (χ0v) is 11.2. The van der Waals surface area contributed by atoms with Crippen molar-refractivity contribution in [3.8, 4) is 0 Å². The molecule has 0 heterocycles. The molecule has 1 aromatic rings. The van der Waals surface area contributed by atoms with Crippen LogP contribution in [0, 0.1) is 0 Å². The summed E-state index contributed by atoms with van der Waals surface area (Å²) in [6.45, 7) is -2.19. The molecule has 0 amide bonds. The van der Waals surface area contributed by atoms with Gasteiger partial charge < -0.3 is 27.2 Å². The van der Waals surface area contributed by atoms with Gasteiger partial charge in [-0.2, -0.15) is 0 Å². The first kappa shape index (κ1) is 18.0. The summed E-state index contributed by atoms with van der Waals surface area (Å²) in [6.07, 6.45) is 0. The lowest BCUT2D eigenvalue weighted by Crippen LogP contribution is -2.33. The zero-order valence-electron chi connectivity index (χ0n) is 11.2. The second-order valence-corrected chi connectivity index (χ2v) is 3.58. The summed E-state index contributed by atoms with van der Waals surface area (Å²) in [6, 6.07) is 6.46. The molecule has 0 aromatic heterocycles. The monoisotopic (exact) mass is 279 g/mol. The van der Waals surface area contributed by atoms with Crippen molar-refractivity contribution in [3.63, 3.8) is 0 Å². The number of rotatable bonds is 7. The van der Waals surface area contributed by atoms with E-state index in [9.17, 15) is 12.9 Å². The van der Waals surface area contributed by atoms with Gasteiger partial charge in [0.25, 0.3) is 0 Å². The molecule has 0 N–H and O–H groups in total. The fourth-order valence-electron chi connectivity index (χ4n) is 1.06. The topological polar surface area (TPSA) is 27.7 Å². The van der Waals surface area contributed by atoms with Gasteiger partial charge in [0, 0.05) is 14.2 Å². The Balaban J connectivity index is 0.000000344. The van der Waals surface area contributed by atoms with Gasteiger partial charge in [-0.3, -0.25) is 0 Å². The third-order valence-corrected chi connectivity index (χ3v) is 2.04. The van der Waals surface area contributed by atoms with Crippen LogP contribution in [0.25, 0.3) is 0 Å². The van der Waals surface area contributed by atoms with Crippen LogP contribution in [0.1, 0.15) is 0 Å². The number of ether oxygens (including phenoxy) is 3. The van der Waals surface area contributed by atoms with Crippen molar-refractivity contribution in [2.75, 3.05) is 40.6 Å². The van der Waals surface area contributed by atoms with Crippen LogP contribution < -0.4 is 5.46 Å². The quantitative estimate of drug-likeness (QED) is 0.564. The summed E-state index contributed by atoms with van der Waals surface area (Å²) < 4.78 is 50.1. The molecular formula is C12H19BF3O3-. The smallest absolute Gasteiger partial charge is 0.445 e. The van der Waals surface area contributed by atoms with E-state index in [4.69, 9.17) is 14.2 Å². The van der Waals surface area contributed by atoms with E-state index in [-0.39, 0.29) is 0 Å². The van der Waals surface area contributed by atoms with Gasteiger partial charge >= 0.3 is 6.98 Å². The molecule has 0 unspecified atom stereocenters. The Labute approximate surface area is 111 Å². The number of methoxy groups -OCH3 is 2. The van der Waals surface area contributed by atoms with Gasteiger partial charge in [-0.15, -0.1) is 5.46 Å². The maximum atomic E-state index is 11.9. The number of halogens is 3. The van der Waals surface area contributed by atoms with E-state index < -0.39 is 12.4 Å². The lowest BCUT2D eigenvalue weighted by molar-refractivity contribution is 0.0385. The molecule has 3 nitrogen and oxygen atoms in total. The summed E-state index contributed by atoms with van der Waals surface area (Å²) in [5.41, 5.74) is -0.539. The van der Waals surface area contributed by atoms with Gasteiger partial charge in [-0.1, -0.05) is 30.3 Å². The molecule has 0 spiro atoms. The van der Waals surface area contributed by atoms with Crippen LogP contribution in [0.2, 0.25) is 0 Å². The first-order chi connectivity index (χ1) is 9.02. The first-order valence-electron chi connectivity index (χ1n) is 5.83. The summed E-state index contributed by atoms with van der Waals surface area (Å²) in [5.74, 6) is 0. The van der Waals surface area contributed by atoms with Gasteiger partial charge in [-0.05, 0) is 0 Å². The minimum Gasteiger partial charge on any atom is -0.445 e. The molecule has 0 aliphatic rings. The fourth-order valence-corrected chi connectivity index (χ4v) is 1.06. The van der Waals surface area contributed by atoms with Crippen molar-refractivity contribution in [1.82, 2.24) is 0 Å². The Hall–Kier alpha value is -1.05. The van der Waals surface area contributed by atoms with Gasteiger partial charge in [-0.25, -0.2) is 0 Å². The van der Waals surface area contributed by atoms with Gasteiger partial charge in [0.15, 0.2) is 0 Å². The normalized spacial score (nSPS) is 10.8. The SMILES string of the molecule is COCCOCCOC.F[B-](F)(F)c1ccccc1. The molecule has 110 valence electrons. The van der Waals surface area contributed by atoms with Crippen molar-refractivity contribution in [2.24, 2.45) is 0 Å². The molecule has 0 bridgehead atoms. The minimum atomic E-state index is -4.80. The van der Waals surface area contributed by atoms with E-state index >= 15 is 0 Å². The fraction of sp³-hybridized carbons (Fsp3) is 0.500. The average molecular weight is 279 g/mol. The second kappa shape index (κ2) is 10.8. The number of hydrogen-bond acceptors (Lipinski definition) is 3.